The van der Waals surface area contributed by atoms with Gasteiger partial charge in [-0.25, -0.2) is 0 Å². The number of hydrogen-bond acceptors (Lipinski definition) is 3. The smallest absolute Gasteiger partial charge is 0.0608 e. The fraction of sp³-hybridized carbons (Fsp3) is 0.500. The summed E-state index contributed by atoms with van der Waals surface area (Å²) in [4.78, 5) is 1.38. The summed E-state index contributed by atoms with van der Waals surface area (Å²) in [5.41, 5.74) is 8.42. The first-order valence-corrected chi connectivity index (χ1v) is 9.47. The normalized spacial score (nSPS) is 13.9. The van der Waals surface area contributed by atoms with Crippen LogP contribution in [0.25, 0.3) is 0 Å². The van der Waals surface area contributed by atoms with Crippen molar-refractivity contribution in [2.45, 2.75) is 57.4 Å². The summed E-state index contributed by atoms with van der Waals surface area (Å²) >= 11 is 1.82. The number of benzene rings is 1. The highest BCUT2D eigenvalue weighted by Crippen LogP contribution is 2.21. The van der Waals surface area contributed by atoms with E-state index in [2.05, 4.69) is 41.8 Å². The minimum atomic E-state index is -0.457. The van der Waals surface area contributed by atoms with Gasteiger partial charge >= 0.3 is 0 Å². The largest absolute Gasteiger partial charge is 0.394 e. The van der Waals surface area contributed by atoms with Gasteiger partial charge in [-0.3, -0.25) is 0 Å². The number of thiophene rings is 1. The second kappa shape index (κ2) is 9.21. The number of nitrogens with two attached hydrogens (primary N) is 1. The van der Waals surface area contributed by atoms with Gasteiger partial charge in [0.05, 0.1) is 6.61 Å². The molecule has 0 saturated carbocycles. The zero-order chi connectivity index (χ0) is 16.5. The Morgan fingerprint density at radius 3 is 2.39 bits per heavy atom. The number of aryl methyl sites for hydroxylation is 3. The molecule has 1 unspecified atom stereocenters. The molecule has 0 saturated heterocycles. The summed E-state index contributed by atoms with van der Waals surface area (Å²) in [5, 5.41) is 11.5. The van der Waals surface area contributed by atoms with Crippen LogP contribution in [0.1, 0.15) is 48.6 Å². The molecule has 0 aliphatic heterocycles. The third kappa shape index (κ3) is 6.86. The zero-order valence-corrected chi connectivity index (χ0v) is 14.9. The first kappa shape index (κ1) is 18.2. The molecule has 1 atom stereocenters. The molecule has 3 N–H and O–H groups in total. The Balaban J connectivity index is 1.63. The number of rotatable bonds is 10. The van der Waals surface area contributed by atoms with E-state index >= 15 is 0 Å². The van der Waals surface area contributed by atoms with Crippen LogP contribution in [0.5, 0.6) is 0 Å². The van der Waals surface area contributed by atoms with Crippen LogP contribution in [0.3, 0.4) is 0 Å². The Bertz CT molecular complexity index is 562. The van der Waals surface area contributed by atoms with Crippen LogP contribution in [-0.4, -0.2) is 17.3 Å². The van der Waals surface area contributed by atoms with Crippen molar-refractivity contribution in [1.29, 1.82) is 0 Å². The quantitative estimate of drug-likeness (QED) is 0.636. The standard InChI is InChI=1S/C20H29NOS/c1-20(21,16-22)13-12-19-14-18(15-23-19)11-7-3-6-10-17-8-4-2-5-9-17/h2,4-5,8-9,14-15,22H,3,6-7,10-13,16,21H2,1H3. The number of aliphatic hydroxyl groups excluding tert-OH is 1. The van der Waals surface area contributed by atoms with Crippen LogP contribution in [0.4, 0.5) is 0 Å². The van der Waals surface area contributed by atoms with E-state index in [1.165, 1.54) is 48.1 Å². The maximum Gasteiger partial charge on any atom is 0.0608 e. The van der Waals surface area contributed by atoms with E-state index in [1.807, 2.05) is 18.3 Å². The molecule has 2 aromatic rings. The lowest BCUT2D eigenvalue weighted by Gasteiger charge is -2.20. The molecule has 0 amide bonds. The molecule has 126 valence electrons. The summed E-state index contributed by atoms with van der Waals surface area (Å²) in [7, 11) is 0. The molecule has 2 nitrogen and oxygen atoms in total. The minimum Gasteiger partial charge on any atom is -0.394 e. The minimum absolute atomic E-state index is 0.0483. The van der Waals surface area contributed by atoms with Crippen LogP contribution in [0, 0.1) is 0 Å². The Morgan fingerprint density at radius 1 is 1.00 bits per heavy atom. The predicted molar refractivity (Wildman–Crippen MR) is 100 cm³/mol. The van der Waals surface area contributed by atoms with Gasteiger partial charge in [-0.1, -0.05) is 36.8 Å². The second-order valence-corrected chi connectivity index (χ2v) is 7.78. The maximum absolute atomic E-state index is 9.20. The molecule has 0 aliphatic carbocycles. The molecule has 2 rings (SSSR count). The highest BCUT2D eigenvalue weighted by molar-refractivity contribution is 7.10. The second-order valence-electron chi connectivity index (χ2n) is 6.78. The Morgan fingerprint density at radius 2 is 1.70 bits per heavy atom. The molecule has 1 aromatic carbocycles. The van der Waals surface area contributed by atoms with Gasteiger partial charge in [-0.15, -0.1) is 11.3 Å². The molecule has 3 heteroatoms. The third-order valence-electron chi connectivity index (χ3n) is 4.29. The first-order valence-electron chi connectivity index (χ1n) is 8.59. The molecule has 0 bridgehead atoms. The molecular formula is C20H29NOS. The lowest BCUT2D eigenvalue weighted by Crippen LogP contribution is -2.40. The Hall–Kier alpha value is -1.16. The number of unbranched alkanes of at least 4 members (excludes halogenated alkanes) is 2. The van der Waals surface area contributed by atoms with Crippen molar-refractivity contribution in [1.82, 2.24) is 0 Å². The third-order valence-corrected chi connectivity index (χ3v) is 5.33. The van der Waals surface area contributed by atoms with Crippen LogP contribution in [-0.2, 0) is 19.3 Å². The average Bonchev–Trinajstić information content (AvgIpc) is 3.02. The lowest BCUT2D eigenvalue weighted by molar-refractivity contribution is 0.201. The fourth-order valence-corrected chi connectivity index (χ4v) is 3.58. The van der Waals surface area contributed by atoms with Crippen molar-refractivity contribution < 1.29 is 5.11 Å². The fourth-order valence-electron chi connectivity index (χ4n) is 2.66. The van der Waals surface area contributed by atoms with Crippen LogP contribution >= 0.6 is 11.3 Å². The van der Waals surface area contributed by atoms with E-state index < -0.39 is 5.54 Å². The van der Waals surface area contributed by atoms with Gasteiger partial charge in [0.1, 0.15) is 0 Å². The van der Waals surface area contributed by atoms with Gasteiger partial charge in [0.25, 0.3) is 0 Å². The SMILES string of the molecule is CC(N)(CO)CCc1cc(CCCCCc2ccccc2)cs1. The molecule has 1 aromatic heterocycles. The van der Waals surface area contributed by atoms with Gasteiger partial charge in [-0.05, 0) is 68.0 Å². The highest BCUT2D eigenvalue weighted by Gasteiger charge is 2.16. The monoisotopic (exact) mass is 331 g/mol. The van der Waals surface area contributed by atoms with E-state index in [-0.39, 0.29) is 6.61 Å². The van der Waals surface area contributed by atoms with E-state index in [4.69, 9.17) is 5.73 Å². The molecule has 0 spiro atoms. The molecular weight excluding hydrogens is 302 g/mol. The van der Waals surface area contributed by atoms with E-state index in [1.54, 1.807) is 0 Å². The van der Waals surface area contributed by atoms with Gasteiger partial charge < -0.3 is 10.8 Å². The lowest BCUT2D eigenvalue weighted by atomic mass is 9.97. The topological polar surface area (TPSA) is 46.2 Å². The average molecular weight is 332 g/mol. The predicted octanol–water partition coefficient (Wildman–Crippen LogP) is 4.35. The number of aliphatic hydroxyl groups is 1. The van der Waals surface area contributed by atoms with Crippen molar-refractivity contribution in [3.05, 3.63) is 57.8 Å². The van der Waals surface area contributed by atoms with Gasteiger partial charge in [0.2, 0.25) is 0 Å². The number of hydrogen-bond donors (Lipinski definition) is 2. The van der Waals surface area contributed by atoms with Crippen molar-refractivity contribution >= 4 is 11.3 Å². The van der Waals surface area contributed by atoms with E-state index in [0.29, 0.717) is 0 Å². The molecule has 1 heterocycles. The molecule has 0 aliphatic rings. The summed E-state index contributed by atoms with van der Waals surface area (Å²) in [6.07, 6.45) is 7.96. The molecule has 0 radical (unpaired) electrons. The van der Waals surface area contributed by atoms with Gasteiger partial charge in [0.15, 0.2) is 0 Å². The van der Waals surface area contributed by atoms with Crippen molar-refractivity contribution in [3.63, 3.8) is 0 Å². The van der Waals surface area contributed by atoms with Gasteiger partial charge in [-0.2, -0.15) is 0 Å². The summed E-state index contributed by atoms with van der Waals surface area (Å²) in [6, 6.07) is 13.0. The van der Waals surface area contributed by atoms with Gasteiger partial charge in [0, 0.05) is 10.4 Å². The molecule has 23 heavy (non-hydrogen) atoms. The maximum atomic E-state index is 9.20. The van der Waals surface area contributed by atoms with Crippen molar-refractivity contribution in [2.24, 2.45) is 5.73 Å². The van der Waals surface area contributed by atoms with Crippen LogP contribution in [0.15, 0.2) is 41.8 Å². The van der Waals surface area contributed by atoms with Crippen molar-refractivity contribution in [3.8, 4) is 0 Å². The summed E-state index contributed by atoms with van der Waals surface area (Å²) < 4.78 is 0. The van der Waals surface area contributed by atoms with Crippen molar-refractivity contribution in [2.75, 3.05) is 6.61 Å². The first-order chi connectivity index (χ1) is 11.1. The zero-order valence-electron chi connectivity index (χ0n) is 14.1. The highest BCUT2D eigenvalue weighted by atomic mass is 32.1. The van der Waals surface area contributed by atoms with E-state index in [0.717, 1.165) is 12.8 Å². The Labute approximate surface area is 144 Å². The Kier molecular flexibility index (Phi) is 7.28. The van der Waals surface area contributed by atoms with Crippen LogP contribution in [0.2, 0.25) is 0 Å². The van der Waals surface area contributed by atoms with E-state index in [9.17, 15) is 5.11 Å². The molecule has 0 fully saturated rings. The summed E-state index contributed by atoms with van der Waals surface area (Å²) in [6.45, 7) is 1.96. The summed E-state index contributed by atoms with van der Waals surface area (Å²) in [5.74, 6) is 0. The van der Waals surface area contributed by atoms with Crippen LogP contribution < -0.4 is 5.73 Å².